The number of aromatic nitrogens is 2. The second kappa shape index (κ2) is 13.2. The number of pyridine rings is 2. The number of hydrogen-bond acceptors (Lipinski definition) is 8. The number of piperidine rings is 1. The lowest BCUT2D eigenvalue weighted by atomic mass is 9.72. The predicted molar refractivity (Wildman–Crippen MR) is 151 cm³/mol. The van der Waals surface area contributed by atoms with Gasteiger partial charge in [-0.1, -0.05) is 6.07 Å². The van der Waals surface area contributed by atoms with Crippen LogP contribution in [0.25, 0.3) is 11.3 Å². The van der Waals surface area contributed by atoms with Gasteiger partial charge in [-0.25, -0.2) is 4.98 Å². The second-order valence-electron chi connectivity index (χ2n) is 10.0. The van der Waals surface area contributed by atoms with E-state index in [2.05, 4.69) is 20.6 Å². The summed E-state index contributed by atoms with van der Waals surface area (Å²) in [6, 6.07) is 12.0. The van der Waals surface area contributed by atoms with Gasteiger partial charge >= 0.3 is 6.18 Å². The van der Waals surface area contributed by atoms with Crippen molar-refractivity contribution in [2.24, 2.45) is 0 Å². The second-order valence-corrected chi connectivity index (χ2v) is 10.0. The highest BCUT2D eigenvalue weighted by molar-refractivity contribution is 5.89. The number of amides is 1. The van der Waals surface area contributed by atoms with Crippen LogP contribution in [0.5, 0.6) is 5.88 Å². The van der Waals surface area contributed by atoms with Gasteiger partial charge in [-0.05, 0) is 68.8 Å². The van der Waals surface area contributed by atoms with Gasteiger partial charge < -0.3 is 25.4 Å². The number of ether oxygens (including phenoxy) is 1. The van der Waals surface area contributed by atoms with Crippen LogP contribution in [0.1, 0.15) is 36.5 Å². The standard InChI is InChI=1S/C30H33F3N6O3/c1-3-42-27-24(5-4-12-36-27)25-8-6-22(17-37-25)29(28(41)38-18-23(19-40)35-2)10-13-39(14-11-29)26-9-7-21(30(31,32)33)15-20(26)16-34/h4-9,12,15,17,23,35,40H,3,10-11,13-14,18-19H2,1-2H3,(H,38,41). The van der Waals surface area contributed by atoms with E-state index in [0.717, 1.165) is 12.1 Å². The highest BCUT2D eigenvalue weighted by Crippen LogP contribution is 2.40. The molecule has 222 valence electrons. The summed E-state index contributed by atoms with van der Waals surface area (Å²) < 4.78 is 45.3. The van der Waals surface area contributed by atoms with E-state index in [1.165, 1.54) is 6.07 Å². The molecule has 0 saturated carbocycles. The summed E-state index contributed by atoms with van der Waals surface area (Å²) in [6.45, 7) is 2.99. The summed E-state index contributed by atoms with van der Waals surface area (Å²) in [4.78, 5) is 24.6. The van der Waals surface area contributed by atoms with Gasteiger partial charge in [-0.15, -0.1) is 0 Å². The van der Waals surface area contributed by atoms with E-state index in [1.54, 1.807) is 25.5 Å². The van der Waals surface area contributed by atoms with Gasteiger partial charge in [0.05, 0.1) is 46.7 Å². The summed E-state index contributed by atoms with van der Waals surface area (Å²) >= 11 is 0. The fourth-order valence-electron chi connectivity index (χ4n) is 5.17. The molecular weight excluding hydrogens is 549 g/mol. The molecule has 3 N–H and O–H groups in total. The Morgan fingerprint density at radius 3 is 2.57 bits per heavy atom. The molecule has 0 bridgehead atoms. The number of halogens is 3. The molecule has 0 aliphatic carbocycles. The highest BCUT2D eigenvalue weighted by Gasteiger charge is 2.44. The fraction of sp³-hybridized carbons (Fsp3) is 0.400. The van der Waals surface area contributed by atoms with Crippen LogP contribution in [0.2, 0.25) is 0 Å². The molecule has 1 aliphatic rings. The molecule has 1 saturated heterocycles. The predicted octanol–water partition coefficient (Wildman–Crippen LogP) is 3.67. The van der Waals surface area contributed by atoms with Crippen molar-refractivity contribution in [3.05, 3.63) is 71.5 Å². The maximum atomic E-state index is 13.8. The third-order valence-electron chi connectivity index (χ3n) is 7.62. The number of carbonyl (C=O) groups is 1. The SMILES string of the molecule is CCOc1ncccc1-c1ccc(C2(C(=O)NCC(CO)NC)CCN(c3ccc(C(F)(F)F)cc3C#N)CC2)cn1. The Balaban J connectivity index is 1.64. The maximum Gasteiger partial charge on any atom is 0.416 e. The number of nitriles is 1. The molecule has 4 rings (SSSR count). The summed E-state index contributed by atoms with van der Waals surface area (Å²) in [5.74, 6) is 0.211. The van der Waals surface area contributed by atoms with Crippen LogP contribution in [0, 0.1) is 11.3 Å². The van der Waals surface area contributed by atoms with Crippen LogP contribution in [0.4, 0.5) is 18.9 Å². The third-order valence-corrected chi connectivity index (χ3v) is 7.62. The summed E-state index contributed by atoms with van der Waals surface area (Å²) in [5.41, 5.74) is 0.462. The van der Waals surface area contributed by atoms with Crippen LogP contribution < -0.4 is 20.3 Å². The van der Waals surface area contributed by atoms with Crippen molar-refractivity contribution in [1.82, 2.24) is 20.6 Å². The van der Waals surface area contributed by atoms with Crippen molar-refractivity contribution in [1.29, 1.82) is 5.26 Å². The molecule has 12 heteroatoms. The first-order valence-electron chi connectivity index (χ1n) is 13.6. The zero-order valence-corrected chi connectivity index (χ0v) is 23.4. The van der Waals surface area contributed by atoms with Crippen molar-refractivity contribution in [3.8, 4) is 23.2 Å². The largest absolute Gasteiger partial charge is 0.477 e. The first kappa shape index (κ1) is 30.7. The molecule has 1 atom stereocenters. The number of aliphatic hydroxyl groups excluding tert-OH is 1. The fourth-order valence-corrected chi connectivity index (χ4v) is 5.17. The molecule has 42 heavy (non-hydrogen) atoms. The molecule has 3 aromatic rings. The third kappa shape index (κ3) is 6.48. The lowest BCUT2D eigenvalue weighted by Crippen LogP contribution is -2.54. The number of benzene rings is 1. The van der Waals surface area contributed by atoms with E-state index in [4.69, 9.17) is 4.74 Å². The first-order valence-corrected chi connectivity index (χ1v) is 13.6. The Bertz CT molecular complexity index is 1410. The minimum Gasteiger partial charge on any atom is -0.477 e. The van der Waals surface area contributed by atoms with Crippen molar-refractivity contribution in [2.75, 3.05) is 44.8 Å². The minimum atomic E-state index is -4.56. The van der Waals surface area contributed by atoms with Crippen LogP contribution in [-0.4, -0.2) is 66.9 Å². The number of nitrogens with one attached hydrogen (secondary N) is 2. The number of anilines is 1. The van der Waals surface area contributed by atoms with Crippen molar-refractivity contribution >= 4 is 11.6 Å². The van der Waals surface area contributed by atoms with Crippen molar-refractivity contribution < 1.29 is 27.8 Å². The molecule has 1 unspecified atom stereocenters. The van der Waals surface area contributed by atoms with Crippen molar-refractivity contribution in [3.63, 3.8) is 0 Å². The summed E-state index contributed by atoms with van der Waals surface area (Å²) in [5, 5.41) is 25.1. The van der Waals surface area contributed by atoms with Crippen LogP contribution in [0.3, 0.4) is 0 Å². The van der Waals surface area contributed by atoms with Crippen LogP contribution in [0.15, 0.2) is 54.9 Å². The van der Waals surface area contributed by atoms with E-state index in [0.29, 0.717) is 60.9 Å². The molecule has 3 heterocycles. The molecule has 1 amide bonds. The van der Waals surface area contributed by atoms with Gasteiger partial charge in [-0.3, -0.25) is 9.78 Å². The summed E-state index contributed by atoms with van der Waals surface area (Å²) in [6.07, 6.45) is -0.612. The Kier molecular flexibility index (Phi) is 9.65. The summed E-state index contributed by atoms with van der Waals surface area (Å²) in [7, 11) is 1.69. The Labute approximate surface area is 242 Å². The smallest absolute Gasteiger partial charge is 0.416 e. The molecule has 1 aromatic carbocycles. The average Bonchev–Trinajstić information content (AvgIpc) is 3.01. The first-order chi connectivity index (χ1) is 20.2. The molecule has 1 fully saturated rings. The number of alkyl halides is 3. The number of likely N-dealkylation sites (N-methyl/N-ethyl adjacent to an activating group) is 1. The van der Waals surface area contributed by atoms with Gasteiger partial charge in [0, 0.05) is 38.1 Å². The topological polar surface area (TPSA) is 123 Å². The molecular formula is C30H33F3N6O3. The van der Waals surface area contributed by atoms with Crippen molar-refractivity contribution in [2.45, 2.75) is 37.4 Å². The Hall–Kier alpha value is -4.21. The molecule has 9 nitrogen and oxygen atoms in total. The van der Waals surface area contributed by atoms with Gasteiger partial charge in [0.2, 0.25) is 11.8 Å². The molecule has 1 aliphatic heterocycles. The van der Waals surface area contributed by atoms with Gasteiger partial charge in [-0.2, -0.15) is 18.4 Å². The lowest BCUT2D eigenvalue weighted by Gasteiger charge is -2.42. The molecule has 2 aromatic heterocycles. The van der Waals surface area contributed by atoms with Gasteiger partial charge in [0.1, 0.15) is 6.07 Å². The average molecular weight is 583 g/mol. The molecule has 0 spiro atoms. The minimum absolute atomic E-state index is 0.0748. The monoisotopic (exact) mass is 582 g/mol. The number of hydrogen-bond donors (Lipinski definition) is 3. The van der Waals surface area contributed by atoms with E-state index < -0.39 is 17.2 Å². The van der Waals surface area contributed by atoms with Gasteiger partial charge in [0.15, 0.2) is 0 Å². The number of carbonyl (C=O) groups excluding carboxylic acids is 1. The lowest BCUT2D eigenvalue weighted by molar-refractivity contribution is -0.137. The highest BCUT2D eigenvalue weighted by atomic mass is 19.4. The van der Waals surface area contributed by atoms with Gasteiger partial charge in [0.25, 0.3) is 0 Å². The number of rotatable bonds is 10. The van der Waals surface area contributed by atoms with Crippen LogP contribution >= 0.6 is 0 Å². The normalized spacial score (nSPS) is 15.5. The Morgan fingerprint density at radius 2 is 1.98 bits per heavy atom. The zero-order chi connectivity index (χ0) is 30.3. The van der Waals surface area contributed by atoms with E-state index in [-0.39, 0.29) is 30.7 Å². The molecule has 0 radical (unpaired) electrons. The van der Waals surface area contributed by atoms with Crippen LogP contribution in [-0.2, 0) is 16.4 Å². The Morgan fingerprint density at radius 1 is 1.21 bits per heavy atom. The zero-order valence-electron chi connectivity index (χ0n) is 23.4. The van der Waals surface area contributed by atoms with E-state index >= 15 is 0 Å². The van der Waals surface area contributed by atoms with E-state index in [9.17, 15) is 28.3 Å². The number of nitrogens with zero attached hydrogens (tertiary/aromatic N) is 4. The number of aliphatic hydroxyl groups is 1. The van der Waals surface area contributed by atoms with E-state index in [1.807, 2.05) is 36.1 Å². The quantitative estimate of drug-likeness (QED) is 0.331. The maximum absolute atomic E-state index is 13.8.